The Morgan fingerprint density at radius 1 is 0.929 bits per heavy atom. The first-order valence-corrected chi connectivity index (χ1v) is 5.93. The third-order valence-electron chi connectivity index (χ3n) is 1.99. The van der Waals surface area contributed by atoms with E-state index in [-0.39, 0.29) is 0 Å². The Kier molecular flexibility index (Phi) is 1.96. The molecule has 0 saturated carbocycles. The van der Waals surface area contributed by atoms with E-state index >= 15 is 0 Å². The molecule has 0 aliphatic carbocycles. The molecule has 1 aromatic carbocycles. The van der Waals surface area contributed by atoms with Crippen LogP contribution in [0, 0.1) is 0 Å². The molecule has 3 rings (SSSR count). The van der Waals surface area contributed by atoms with Crippen LogP contribution in [0.15, 0.2) is 45.1 Å². The van der Waals surface area contributed by atoms with Crippen molar-refractivity contribution in [1.82, 2.24) is 9.97 Å². The number of thioether (sulfide) groups is 2. The van der Waals surface area contributed by atoms with Crippen molar-refractivity contribution < 1.29 is 0 Å². The average Bonchev–Trinajstić information content (AvgIpc) is 2.29. The van der Waals surface area contributed by atoms with Gasteiger partial charge in [-0.05, 0) is 22.9 Å². The number of benzene rings is 1. The van der Waals surface area contributed by atoms with Crippen LogP contribution in [0.4, 0.5) is 0 Å². The second-order valence-electron chi connectivity index (χ2n) is 2.82. The quantitative estimate of drug-likeness (QED) is 0.677. The van der Waals surface area contributed by atoms with Crippen molar-refractivity contribution in [3.63, 3.8) is 0 Å². The second kappa shape index (κ2) is 3.29. The van der Waals surface area contributed by atoms with Gasteiger partial charge in [-0.2, -0.15) is 0 Å². The summed E-state index contributed by atoms with van der Waals surface area (Å²) in [4.78, 5) is 11.1. The number of hydrogen-bond donors (Lipinski definition) is 0. The Hall–Kier alpha value is -1.00. The van der Waals surface area contributed by atoms with Crippen molar-refractivity contribution >= 4 is 34.6 Å². The lowest BCUT2D eigenvalue weighted by Crippen LogP contribution is -1.88. The van der Waals surface area contributed by atoms with Gasteiger partial charge in [-0.1, -0.05) is 23.5 Å². The number of rotatable bonds is 0. The zero-order valence-corrected chi connectivity index (χ0v) is 8.81. The van der Waals surface area contributed by atoms with Crippen molar-refractivity contribution in [3.05, 3.63) is 35.3 Å². The maximum Gasteiger partial charge on any atom is 0.104 e. The SMILES string of the molecule is C1=CSc2c(ccc3nccnc23)S1. The van der Waals surface area contributed by atoms with Crippen LogP contribution >= 0.6 is 23.5 Å². The monoisotopic (exact) mass is 218 g/mol. The summed E-state index contributed by atoms with van der Waals surface area (Å²) in [6, 6.07) is 4.13. The first-order valence-electron chi connectivity index (χ1n) is 4.17. The van der Waals surface area contributed by atoms with Crippen LogP contribution in [0.3, 0.4) is 0 Å². The van der Waals surface area contributed by atoms with Gasteiger partial charge in [0.1, 0.15) is 5.52 Å². The average molecular weight is 218 g/mol. The van der Waals surface area contributed by atoms with Crippen LogP contribution in [0.5, 0.6) is 0 Å². The van der Waals surface area contributed by atoms with Gasteiger partial charge < -0.3 is 0 Å². The predicted octanol–water partition coefficient (Wildman–Crippen LogP) is 3.30. The highest BCUT2D eigenvalue weighted by molar-refractivity contribution is 8.08. The summed E-state index contributed by atoms with van der Waals surface area (Å²) in [5, 5.41) is 4.18. The topological polar surface area (TPSA) is 25.8 Å². The molecule has 0 unspecified atom stereocenters. The van der Waals surface area contributed by atoms with E-state index in [9.17, 15) is 0 Å². The summed E-state index contributed by atoms with van der Waals surface area (Å²) in [5.41, 5.74) is 1.97. The molecular weight excluding hydrogens is 212 g/mol. The van der Waals surface area contributed by atoms with E-state index in [0.717, 1.165) is 11.0 Å². The Morgan fingerprint density at radius 2 is 1.79 bits per heavy atom. The van der Waals surface area contributed by atoms with Gasteiger partial charge in [0, 0.05) is 17.3 Å². The molecule has 14 heavy (non-hydrogen) atoms. The minimum absolute atomic E-state index is 0.967. The third kappa shape index (κ3) is 1.22. The smallest absolute Gasteiger partial charge is 0.104 e. The molecule has 0 bridgehead atoms. The second-order valence-corrected chi connectivity index (χ2v) is 4.69. The zero-order valence-electron chi connectivity index (χ0n) is 7.18. The maximum atomic E-state index is 4.36. The Bertz CT molecular complexity index is 523. The number of nitrogens with zero attached hydrogens (tertiary/aromatic N) is 2. The Morgan fingerprint density at radius 3 is 2.79 bits per heavy atom. The first kappa shape index (κ1) is 8.32. The molecule has 0 amide bonds. The van der Waals surface area contributed by atoms with Crippen molar-refractivity contribution in [2.24, 2.45) is 0 Å². The summed E-state index contributed by atoms with van der Waals surface area (Å²) in [5.74, 6) is 0. The van der Waals surface area contributed by atoms with E-state index in [2.05, 4.69) is 26.9 Å². The van der Waals surface area contributed by atoms with Crippen LogP contribution in [-0.4, -0.2) is 9.97 Å². The third-order valence-corrected chi connectivity index (χ3v) is 4.08. The molecule has 0 N–H and O–H groups in total. The van der Waals surface area contributed by atoms with Crippen LogP contribution in [0.25, 0.3) is 11.0 Å². The van der Waals surface area contributed by atoms with Crippen LogP contribution in [0.2, 0.25) is 0 Å². The van der Waals surface area contributed by atoms with E-state index < -0.39 is 0 Å². The fourth-order valence-electron chi connectivity index (χ4n) is 1.40. The molecular formula is C10H6N2S2. The Labute approximate surface area is 89.8 Å². The molecule has 2 heterocycles. The standard InChI is InChI=1S/C10H6N2S2/c1-2-8-10(14-6-5-13-8)9-7(1)11-3-4-12-9/h1-6H. The van der Waals surface area contributed by atoms with Gasteiger partial charge >= 0.3 is 0 Å². The van der Waals surface area contributed by atoms with E-state index in [0.29, 0.717) is 0 Å². The van der Waals surface area contributed by atoms with E-state index in [1.807, 2.05) is 6.07 Å². The van der Waals surface area contributed by atoms with Gasteiger partial charge in [-0.3, -0.25) is 9.97 Å². The summed E-state index contributed by atoms with van der Waals surface area (Å²) in [6.45, 7) is 0. The van der Waals surface area contributed by atoms with E-state index in [4.69, 9.17) is 0 Å². The fourth-order valence-corrected chi connectivity index (χ4v) is 3.22. The largest absolute Gasteiger partial charge is 0.253 e. The van der Waals surface area contributed by atoms with Gasteiger partial charge in [0.25, 0.3) is 0 Å². The maximum absolute atomic E-state index is 4.36. The highest BCUT2D eigenvalue weighted by Crippen LogP contribution is 2.40. The van der Waals surface area contributed by atoms with E-state index in [1.54, 1.807) is 35.9 Å². The molecule has 0 saturated heterocycles. The molecule has 2 nitrogen and oxygen atoms in total. The number of fused-ring (bicyclic) bond motifs is 3. The number of aromatic nitrogens is 2. The number of hydrogen-bond acceptors (Lipinski definition) is 4. The van der Waals surface area contributed by atoms with Crippen LogP contribution in [0.1, 0.15) is 0 Å². The molecule has 68 valence electrons. The lowest BCUT2D eigenvalue weighted by Gasteiger charge is -2.10. The highest BCUT2D eigenvalue weighted by Gasteiger charge is 2.11. The molecule has 1 aromatic heterocycles. The molecule has 0 radical (unpaired) electrons. The van der Waals surface area contributed by atoms with Crippen molar-refractivity contribution in [2.45, 2.75) is 9.79 Å². The van der Waals surface area contributed by atoms with Crippen molar-refractivity contribution in [1.29, 1.82) is 0 Å². The van der Waals surface area contributed by atoms with Gasteiger partial charge in [-0.15, -0.1) is 0 Å². The first-order chi connectivity index (χ1) is 6.95. The van der Waals surface area contributed by atoms with Crippen LogP contribution in [-0.2, 0) is 0 Å². The minimum Gasteiger partial charge on any atom is -0.253 e. The molecule has 1 aliphatic rings. The predicted molar refractivity (Wildman–Crippen MR) is 60.4 cm³/mol. The molecule has 4 heteroatoms. The highest BCUT2D eigenvalue weighted by atomic mass is 32.2. The van der Waals surface area contributed by atoms with Crippen molar-refractivity contribution in [2.75, 3.05) is 0 Å². The Balaban J connectivity index is 2.37. The van der Waals surface area contributed by atoms with Gasteiger partial charge in [0.15, 0.2) is 0 Å². The molecule has 1 aliphatic heterocycles. The molecule has 0 fully saturated rings. The van der Waals surface area contributed by atoms with Crippen LogP contribution < -0.4 is 0 Å². The lowest BCUT2D eigenvalue weighted by atomic mass is 10.3. The zero-order chi connectivity index (χ0) is 9.38. The summed E-state index contributed by atoms with van der Waals surface area (Å²) in [7, 11) is 0. The normalized spacial score (nSPS) is 14.3. The lowest BCUT2D eigenvalue weighted by molar-refractivity contribution is 1.20. The van der Waals surface area contributed by atoms with Gasteiger partial charge in [0.05, 0.1) is 10.4 Å². The minimum atomic E-state index is 0.967. The fraction of sp³-hybridized carbons (Fsp3) is 0. The van der Waals surface area contributed by atoms with Gasteiger partial charge in [0.2, 0.25) is 0 Å². The van der Waals surface area contributed by atoms with E-state index in [1.165, 1.54) is 9.79 Å². The summed E-state index contributed by atoms with van der Waals surface area (Å²) in [6.07, 6.45) is 3.47. The summed E-state index contributed by atoms with van der Waals surface area (Å²) < 4.78 is 0. The molecule has 2 aromatic rings. The van der Waals surface area contributed by atoms with Gasteiger partial charge in [-0.25, -0.2) is 0 Å². The molecule has 0 spiro atoms. The summed E-state index contributed by atoms with van der Waals surface area (Å²) >= 11 is 3.45. The van der Waals surface area contributed by atoms with Crippen molar-refractivity contribution in [3.8, 4) is 0 Å². The molecule has 0 atom stereocenters.